The van der Waals surface area contributed by atoms with Gasteiger partial charge in [-0.1, -0.05) is 17.7 Å². The second-order valence-corrected chi connectivity index (χ2v) is 6.92. The van der Waals surface area contributed by atoms with Crippen LogP contribution in [-0.2, 0) is 13.0 Å². The van der Waals surface area contributed by atoms with Crippen molar-refractivity contribution in [3.8, 4) is 0 Å². The van der Waals surface area contributed by atoms with Crippen molar-refractivity contribution in [2.45, 2.75) is 13.0 Å². The number of nitrogens with zero attached hydrogens (tertiary/aromatic N) is 1. The molecule has 142 valence electrons. The highest BCUT2D eigenvalue weighted by Crippen LogP contribution is 2.28. The van der Waals surface area contributed by atoms with Crippen LogP contribution in [0, 0.1) is 0 Å². The average molecular weight is 399 g/mol. The minimum Gasteiger partial charge on any atom is -0.465 e. The molecule has 0 radical (unpaired) electrons. The summed E-state index contributed by atoms with van der Waals surface area (Å²) < 4.78 is 5.36. The van der Waals surface area contributed by atoms with E-state index in [0.717, 1.165) is 16.5 Å². The van der Waals surface area contributed by atoms with Crippen LogP contribution in [0.2, 0.25) is 5.02 Å². The molecule has 1 aromatic heterocycles. The van der Waals surface area contributed by atoms with Crippen molar-refractivity contribution in [2.24, 2.45) is 0 Å². The minimum absolute atomic E-state index is 0.103. The smallest absolute Gasteiger partial charge is 0.411 e. The van der Waals surface area contributed by atoms with Crippen LogP contribution in [-0.4, -0.2) is 34.5 Å². The fraction of sp³-hybridized carbons (Fsp3) is 0.150. The van der Waals surface area contributed by atoms with Crippen LogP contribution in [0.1, 0.15) is 31.8 Å². The molecule has 2 heterocycles. The third-order valence-electron chi connectivity index (χ3n) is 4.76. The first-order chi connectivity index (χ1) is 13.4. The number of amides is 3. The second-order valence-electron chi connectivity index (χ2n) is 6.51. The first-order valence-corrected chi connectivity index (χ1v) is 8.92. The van der Waals surface area contributed by atoms with Gasteiger partial charge in [-0.2, -0.15) is 0 Å². The zero-order chi connectivity index (χ0) is 19.8. The molecule has 8 heteroatoms. The van der Waals surface area contributed by atoms with E-state index in [9.17, 15) is 14.4 Å². The van der Waals surface area contributed by atoms with Gasteiger partial charge >= 0.3 is 6.09 Å². The average Bonchev–Trinajstić information content (AvgIpc) is 3.13. The van der Waals surface area contributed by atoms with Crippen molar-refractivity contribution in [3.05, 3.63) is 69.9 Å². The topological polar surface area (TPSA) is 99.9 Å². The van der Waals surface area contributed by atoms with Gasteiger partial charge in [-0.3, -0.25) is 14.9 Å². The number of furan rings is 1. The summed E-state index contributed by atoms with van der Waals surface area (Å²) in [5.74, 6) is -0.890. The lowest BCUT2D eigenvalue weighted by atomic mass is 9.96. The van der Waals surface area contributed by atoms with Gasteiger partial charge in [0.1, 0.15) is 5.58 Å². The van der Waals surface area contributed by atoms with Crippen LogP contribution in [0.25, 0.3) is 11.0 Å². The van der Waals surface area contributed by atoms with Gasteiger partial charge in [0.2, 0.25) is 0 Å². The van der Waals surface area contributed by atoms with Gasteiger partial charge in [0, 0.05) is 24.0 Å². The van der Waals surface area contributed by atoms with Crippen LogP contribution < -0.4 is 5.32 Å². The van der Waals surface area contributed by atoms with Crippen LogP contribution in [0.15, 0.2) is 47.1 Å². The number of carbonyl (C=O) groups is 3. The number of hydrogen-bond donors (Lipinski definition) is 2. The first-order valence-electron chi connectivity index (χ1n) is 8.54. The Bertz CT molecular complexity index is 1120. The van der Waals surface area contributed by atoms with Crippen LogP contribution in [0.5, 0.6) is 0 Å². The highest BCUT2D eigenvalue weighted by Gasteiger charge is 2.25. The lowest BCUT2D eigenvalue weighted by Crippen LogP contribution is -2.36. The van der Waals surface area contributed by atoms with Crippen LogP contribution in [0.4, 0.5) is 4.79 Å². The van der Waals surface area contributed by atoms with Crippen LogP contribution >= 0.6 is 11.6 Å². The van der Waals surface area contributed by atoms with E-state index in [4.69, 9.17) is 21.1 Å². The molecule has 7 nitrogen and oxygen atoms in total. The fourth-order valence-corrected chi connectivity index (χ4v) is 3.63. The highest BCUT2D eigenvalue weighted by molar-refractivity contribution is 6.34. The van der Waals surface area contributed by atoms with E-state index in [1.165, 1.54) is 0 Å². The molecule has 0 saturated carbocycles. The highest BCUT2D eigenvalue weighted by atomic mass is 35.5. The van der Waals surface area contributed by atoms with Gasteiger partial charge in [0.05, 0.1) is 16.8 Å². The Morgan fingerprint density at radius 2 is 1.93 bits per heavy atom. The summed E-state index contributed by atoms with van der Waals surface area (Å²) in [6.07, 6.45) is 0.675. The van der Waals surface area contributed by atoms with Crippen molar-refractivity contribution in [1.29, 1.82) is 0 Å². The predicted octanol–water partition coefficient (Wildman–Crippen LogP) is 3.69. The Labute approximate surface area is 164 Å². The molecule has 0 bridgehead atoms. The minimum atomic E-state index is -1.44. The molecule has 0 fully saturated rings. The van der Waals surface area contributed by atoms with E-state index >= 15 is 0 Å². The lowest BCUT2D eigenvalue weighted by molar-refractivity contribution is 0.0734. The third kappa shape index (κ3) is 3.32. The molecule has 0 atom stereocenters. The largest absolute Gasteiger partial charge is 0.465 e. The molecular formula is C20H15ClN2O5. The Kier molecular flexibility index (Phi) is 4.52. The van der Waals surface area contributed by atoms with E-state index < -0.39 is 12.0 Å². The number of halogens is 1. The van der Waals surface area contributed by atoms with Gasteiger partial charge in [-0.25, -0.2) is 4.79 Å². The molecule has 2 aromatic carbocycles. The predicted molar refractivity (Wildman–Crippen MR) is 102 cm³/mol. The Morgan fingerprint density at radius 1 is 1.11 bits per heavy atom. The second kappa shape index (κ2) is 7.01. The van der Waals surface area contributed by atoms with Gasteiger partial charge in [0.15, 0.2) is 0 Å². The molecule has 0 aliphatic carbocycles. The number of hydrogen-bond acceptors (Lipinski definition) is 4. The number of nitrogens with one attached hydrogen (secondary N) is 1. The molecule has 0 saturated heterocycles. The first kappa shape index (κ1) is 18.1. The summed E-state index contributed by atoms with van der Waals surface area (Å²) >= 11 is 6.17. The summed E-state index contributed by atoms with van der Waals surface area (Å²) in [5, 5.41) is 11.6. The molecule has 3 aromatic rings. The van der Waals surface area contributed by atoms with Crippen molar-refractivity contribution in [2.75, 3.05) is 6.54 Å². The zero-order valence-electron chi connectivity index (χ0n) is 14.6. The van der Waals surface area contributed by atoms with Crippen molar-refractivity contribution in [3.63, 3.8) is 0 Å². The lowest BCUT2D eigenvalue weighted by Gasteiger charge is -2.29. The summed E-state index contributed by atoms with van der Waals surface area (Å²) in [5.41, 5.74) is 2.99. The number of carboxylic acid groups (broad SMARTS) is 1. The van der Waals surface area contributed by atoms with Crippen molar-refractivity contribution >= 4 is 40.5 Å². The molecule has 4 rings (SSSR count). The van der Waals surface area contributed by atoms with Crippen molar-refractivity contribution in [1.82, 2.24) is 10.2 Å². The molecule has 0 spiro atoms. The number of imide groups is 1. The third-order valence-corrected chi connectivity index (χ3v) is 5.07. The summed E-state index contributed by atoms with van der Waals surface area (Å²) in [6.45, 7) is 0.828. The number of carbonyl (C=O) groups excluding carboxylic acids is 2. The monoisotopic (exact) mass is 398 g/mol. The molecular weight excluding hydrogens is 384 g/mol. The SMILES string of the molecule is O=C(O)NC(=O)c1cc2c(cc1Cl)CN(C(=O)c1ccc3ccoc3c1)CC2. The number of benzene rings is 2. The van der Waals surface area contributed by atoms with E-state index in [1.807, 2.05) is 12.1 Å². The number of fused-ring (bicyclic) bond motifs is 2. The molecule has 0 unspecified atom stereocenters. The zero-order valence-corrected chi connectivity index (χ0v) is 15.3. The van der Waals surface area contributed by atoms with Crippen molar-refractivity contribution < 1.29 is 23.9 Å². The molecule has 2 N–H and O–H groups in total. The Balaban J connectivity index is 1.57. The van der Waals surface area contributed by atoms with Crippen LogP contribution in [0.3, 0.4) is 0 Å². The Hall–Kier alpha value is -3.32. The van der Waals surface area contributed by atoms with E-state index in [1.54, 1.807) is 40.7 Å². The summed E-state index contributed by atoms with van der Waals surface area (Å²) in [6, 6.07) is 10.4. The van der Waals surface area contributed by atoms with E-state index in [-0.39, 0.29) is 16.5 Å². The standard InChI is InChI=1S/C20H15ClN2O5/c21-16-8-14-10-23(5-3-12(14)7-15(16)18(24)22-20(26)27)19(25)13-2-1-11-4-6-28-17(11)9-13/h1-2,4,6-9H,3,5,10H2,(H,22,24)(H,26,27). The maximum Gasteiger partial charge on any atom is 0.411 e. The summed E-state index contributed by atoms with van der Waals surface area (Å²) in [7, 11) is 0. The normalized spacial score (nSPS) is 13.2. The van der Waals surface area contributed by atoms with Gasteiger partial charge < -0.3 is 14.4 Å². The Morgan fingerprint density at radius 3 is 2.71 bits per heavy atom. The maximum atomic E-state index is 12.9. The quantitative estimate of drug-likeness (QED) is 0.685. The fourth-order valence-electron chi connectivity index (χ4n) is 3.36. The van der Waals surface area contributed by atoms with Gasteiger partial charge in [-0.15, -0.1) is 0 Å². The maximum absolute atomic E-state index is 12.9. The van der Waals surface area contributed by atoms with Gasteiger partial charge in [0.25, 0.3) is 11.8 Å². The molecule has 1 aliphatic rings. The van der Waals surface area contributed by atoms with E-state index in [2.05, 4.69) is 0 Å². The summed E-state index contributed by atoms with van der Waals surface area (Å²) in [4.78, 5) is 37.2. The molecule has 1 aliphatic heterocycles. The van der Waals surface area contributed by atoms with E-state index in [0.29, 0.717) is 30.7 Å². The number of rotatable bonds is 2. The van der Waals surface area contributed by atoms with Gasteiger partial charge in [-0.05, 0) is 47.9 Å². The molecule has 3 amide bonds. The molecule has 28 heavy (non-hydrogen) atoms.